The summed E-state index contributed by atoms with van der Waals surface area (Å²) in [5, 5.41) is 0. The van der Waals surface area contributed by atoms with Gasteiger partial charge in [-0.15, -0.1) is 0 Å². The van der Waals surface area contributed by atoms with Gasteiger partial charge in [-0.05, 0) is 25.0 Å². The summed E-state index contributed by atoms with van der Waals surface area (Å²) in [6, 6.07) is 16.4. The molecule has 0 saturated heterocycles. The standard InChI is InChI=1S/C20H20O2/c1-14-3-7-16(8-4-14)20(12-18(21)11-19(22)13-20)17-9-5-15(2)6-10-17/h3-10H,11-13H2,1-2H3. The fourth-order valence-electron chi connectivity index (χ4n) is 3.40. The molecular formula is C20H20O2. The molecule has 112 valence electrons. The molecule has 2 aromatic carbocycles. The summed E-state index contributed by atoms with van der Waals surface area (Å²) in [5.74, 6) is 0.0785. The summed E-state index contributed by atoms with van der Waals surface area (Å²) >= 11 is 0. The summed E-state index contributed by atoms with van der Waals surface area (Å²) in [6.07, 6.45) is 0.898. The molecule has 0 aromatic heterocycles. The molecule has 2 aromatic rings. The van der Waals surface area contributed by atoms with Gasteiger partial charge in [0, 0.05) is 18.3 Å². The van der Waals surface area contributed by atoms with Crippen LogP contribution < -0.4 is 0 Å². The van der Waals surface area contributed by atoms with Crippen LogP contribution in [0.25, 0.3) is 0 Å². The van der Waals surface area contributed by atoms with E-state index in [0.29, 0.717) is 12.8 Å². The lowest BCUT2D eigenvalue weighted by atomic mass is 9.64. The third-order valence-corrected chi connectivity index (χ3v) is 4.60. The molecule has 2 heteroatoms. The summed E-state index contributed by atoms with van der Waals surface area (Å²) in [4.78, 5) is 24.3. The van der Waals surface area contributed by atoms with Crippen molar-refractivity contribution in [1.82, 2.24) is 0 Å². The molecule has 1 aliphatic carbocycles. The van der Waals surface area contributed by atoms with Crippen molar-refractivity contribution < 1.29 is 9.59 Å². The minimum atomic E-state index is -0.506. The van der Waals surface area contributed by atoms with Gasteiger partial charge in [0.1, 0.15) is 11.6 Å². The summed E-state index contributed by atoms with van der Waals surface area (Å²) in [5.41, 5.74) is 3.97. The molecule has 0 radical (unpaired) electrons. The number of Topliss-reactive ketones (excluding diaryl/α,β-unsaturated/α-hetero) is 2. The third-order valence-electron chi connectivity index (χ3n) is 4.60. The summed E-state index contributed by atoms with van der Waals surface area (Å²) in [6.45, 7) is 4.08. The minimum absolute atomic E-state index is 0.0393. The molecule has 2 nitrogen and oxygen atoms in total. The smallest absolute Gasteiger partial charge is 0.141 e. The van der Waals surface area contributed by atoms with E-state index in [2.05, 4.69) is 48.5 Å². The van der Waals surface area contributed by atoms with Crippen LogP contribution in [0.15, 0.2) is 48.5 Å². The van der Waals surface area contributed by atoms with Crippen LogP contribution >= 0.6 is 0 Å². The lowest BCUT2D eigenvalue weighted by Gasteiger charge is -2.37. The molecule has 1 fully saturated rings. The lowest BCUT2D eigenvalue weighted by Crippen LogP contribution is -2.38. The van der Waals surface area contributed by atoms with Crippen molar-refractivity contribution in [3.05, 3.63) is 70.8 Å². The highest BCUT2D eigenvalue weighted by Gasteiger charge is 2.42. The molecule has 22 heavy (non-hydrogen) atoms. The van der Waals surface area contributed by atoms with E-state index in [0.717, 1.165) is 11.1 Å². The van der Waals surface area contributed by atoms with E-state index in [1.54, 1.807) is 0 Å². The third kappa shape index (κ3) is 2.61. The van der Waals surface area contributed by atoms with Crippen LogP contribution in [-0.4, -0.2) is 11.6 Å². The summed E-state index contributed by atoms with van der Waals surface area (Å²) in [7, 11) is 0. The highest BCUT2D eigenvalue weighted by Crippen LogP contribution is 2.42. The van der Waals surface area contributed by atoms with Crippen molar-refractivity contribution in [2.45, 2.75) is 38.5 Å². The van der Waals surface area contributed by atoms with Crippen LogP contribution in [0.1, 0.15) is 41.5 Å². The highest BCUT2D eigenvalue weighted by atomic mass is 16.1. The molecule has 1 aliphatic rings. The van der Waals surface area contributed by atoms with Crippen LogP contribution in [0.5, 0.6) is 0 Å². The van der Waals surface area contributed by atoms with Gasteiger partial charge in [0.2, 0.25) is 0 Å². The van der Waals surface area contributed by atoms with Gasteiger partial charge in [0.15, 0.2) is 0 Å². The van der Waals surface area contributed by atoms with Crippen molar-refractivity contribution in [2.75, 3.05) is 0 Å². The van der Waals surface area contributed by atoms with Gasteiger partial charge >= 0.3 is 0 Å². The number of hydrogen-bond acceptors (Lipinski definition) is 2. The Kier molecular flexibility index (Phi) is 3.69. The first-order valence-electron chi connectivity index (χ1n) is 7.67. The van der Waals surface area contributed by atoms with Crippen LogP contribution in [0, 0.1) is 13.8 Å². The molecule has 0 unspecified atom stereocenters. The lowest BCUT2D eigenvalue weighted by molar-refractivity contribution is -0.131. The van der Waals surface area contributed by atoms with Gasteiger partial charge in [0.25, 0.3) is 0 Å². The maximum Gasteiger partial charge on any atom is 0.141 e. The van der Waals surface area contributed by atoms with Crippen molar-refractivity contribution in [3.8, 4) is 0 Å². The SMILES string of the molecule is Cc1ccc(C2(c3ccc(C)cc3)CC(=O)CC(=O)C2)cc1. The molecule has 0 N–H and O–H groups in total. The first-order chi connectivity index (χ1) is 10.5. The van der Waals surface area contributed by atoms with E-state index in [1.165, 1.54) is 11.1 Å². The number of carbonyl (C=O) groups excluding carboxylic acids is 2. The number of rotatable bonds is 2. The van der Waals surface area contributed by atoms with Gasteiger partial charge in [-0.2, -0.15) is 0 Å². The number of aryl methyl sites for hydroxylation is 2. The molecular weight excluding hydrogens is 272 g/mol. The number of ketones is 2. The molecule has 0 aliphatic heterocycles. The van der Waals surface area contributed by atoms with Gasteiger partial charge in [-0.1, -0.05) is 59.7 Å². The predicted octanol–water partition coefficient (Wildman–Crippen LogP) is 3.91. The van der Waals surface area contributed by atoms with E-state index in [4.69, 9.17) is 0 Å². The fraction of sp³-hybridized carbons (Fsp3) is 0.300. The van der Waals surface area contributed by atoms with Gasteiger partial charge in [-0.3, -0.25) is 9.59 Å². The predicted molar refractivity (Wildman–Crippen MR) is 87.0 cm³/mol. The first kappa shape index (κ1) is 14.7. The van der Waals surface area contributed by atoms with Crippen molar-refractivity contribution in [1.29, 1.82) is 0 Å². The van der Waals surface area contributed by atoms with Crippen molar-refractivity contribution >= 4 is 11.6 Å². The van der Waals surface area contributed by atoms with Gasteiger partial charge in [0.05, 0.1) is 6.42 Å². The van der Waals surface area contributed by atoms with E-state index >= 15 is 0 Å². The van der Waals surface area contributed by atoms with Gasteiger partial charge < -0.3 is 0 Å². The van der Waals surface area contributed by atoms with Crippen LogP contribution in [-0.2, 0) is 15.0 Å². The Morgan fingerprint density at radius 2 is 1.05 bits per heavy atom. The number of hydrogen-bond donors (Lipinski definition) is 0. The minimum Gasteiger partial charge on any atom is -0.299 e. The molecule has 3 rings (SSSR count). The molecule has 0 heterocycles. The Morgan fingerprint density at radius 1 is 0.682 bits per heavy atom. The normalized spacial score (nSPS) is 17.5. The van der Waals surface area contributed by atoms with E-state index in [-0.39, 0.29) is 18.0 Å². The Labute approximate surface area is 131 Å². The molecule has 0 bridgehead atoms. The Morgan fingerprint density at radius 3 is 1.41 bits per heavy atom. The largest absolute Gasteiger partial charge is 0.299 e. The second-order valence-electron chi connectivity index (χ2n) is 6.42. The van der Waals surface area contributed by atoms with E-state index in [1.807, 2.05) is 13.8 Å². The first-order valence-corrected chi connectivity index (χ1v) is 7.67. The molecule has 0 spiro atoms. The number of benzene rings is 2. The van der Waals surface area contributed by atoms with E-state index in [9.17, 15) is 9.59 Å². The molecule has 0 amide bonds. The zero-order chi connectivity index (χ0) is 15.7. The maximum atomic E-state index is 12.1. The Bertz CT molecular complexity index is 645. The zero-order valence-corrected chi connectivity index (χ0v) is 13.1. The quantitative estimate of drug-likeness (QED) is 0.786. The summed E-state index contributed by atoms with van der Waals surface area (Å²) < 4.78 is 0. The Hall–Kier alpha value is -2.22. The molecule has 1 saturated carbocycles. The van der Waals surface area contributed by atoms with Crippen molar-refractivity contribution in [2.24, 2.45) is 0 Å². The van der Waals surface area contributed by atoms with Crippen LogP contribution in [0.4, 0.5) is 0 Å². The van der Waals surface area contributed by atoms with Gasteiger partial charge in [-0.25, -0.2) is 0 Å². The second-order valence-corrected chi connectivity index (χ2v) is 6.42. The monoisotopic (exact) mass is 292 g/mol. The average molecular weight is 292 g/mol. The maximum absolute atomic E-state index is 12.1. The average Bonchev–Trinajstić information content (AvgIpc) is 2.47. The fourth-order valence-corrected chi connectivity index (χ4v) is 3.40. The topological polar surface area (TPSA) is 34.1 Å². The molecule has 0 atom stereocenters. The zero-order valence-electron chi connectivity index (χ0n) is 13.1. The van der Waals surface area contributed by atoms with Crippen LogP contribution in [0.2, 0.25) is 0 Å². The number of carbonyl (C=O) groups is 2. The van der Waals surface area contributed by atoms with E-state index < -0.39 is 5.41 Å². The Balaban J connectivity index is 2.17. The highest BCUT2D eigenvalue weighted by molar-refractivity contribution is 6.03. The van der Waals surface area contributed by atoms with Crippen LogP contribution in [0.3, 0.4) is 0 Å². The van der Waals surface area contributed by atoms with Crippen molar-refractivity contribution in [3.63, 3.8) is 0 Å². The second kappa shape index (κ2) is 5.53.